The highest BCUT2D eigenvalue weighted by molar-refractivity contribution is 5.95. The quantitative estimate of drug-likeness (QED) is 0.650. The summed E-state index contributed by atoms with van der Waals surface area (Å²) in [7, 11) is 0. The Morgan fingerprint density at radius 2 is 1.79 bits per heavy atom. The zero-order valence-electron chi connectivity index (χ0n) is 13.1. The van der Waals surface area contributed by atoms with Crippen LogP contribution in [-0.2, 0) is 11.2 Å². The molecule has 124 valence electrons. The Balaban J connectivity index is 1.80. The largest absolute Gasteiger partial charge is 0.273 e. The van der Waals surface area contributed by atoms with Crippen molar-refractivity contribution in [1.82, 2.24) is 10.9 Å². The lowest BCUT2D eigenvalue weighted by Gasteiger charge is -2.07. The van der Waals surface area contributed by atoms with Gasteiger partial charge >= 0.3 is 0 Å². The molecule has 0 aromatic heterocycles. The standard InChI is InChI=1S/C17H17N3O4/c1-12-3-2-4-13(11-12)5-10-16(21)18-19-17(22)14-6-8-15(9-7-14)20(23)24/h2-4,6-9,11H,5,10H2,1H3,(H,18,21)(H,19,22). The van der Waals surface area contributed by atoms with E-state index in [-0.39, 0.29) is 23.6 Å². The summed E-state index contributed by atoms with van der Waals surface area (Å²) in [5.74, 6) is -0.847. The van der Waals surface area contributed by atoms with Gasteiger partial charge in [-0.15, -0.1) is 0 Å². The fourth-order valence-electron chi connectivity index (χ4n) is 2.12. The van der Waals surface area contributed by atoms with Crippen LogP contribution < -0.4 is 10.9 Å². The maximum Gasteiger partial charge on any atom is 0.269 e. The second-order valence-electron chi connectivity index (χ2n) is 5.30. The molecule has 2 aromatic carbocycles. The van der Waals surface area contributed by atoms with E-state index in [1.165, 1.54) is 24.3 Å². The highest BCUT2D eigenvalue weighted by Gasteiger charge is 2.10. The van der Waals surface area contributed by atoms with E-state index in [2.05, 4.69) is 10.9 Å². The van der Waals surface area contributed by atoms with E-state index in [0.717, 1.165) is 11.1 Å². The van der Waals surface area contributed by atoms with Gasteiger partial charge in [-0.2, -0.15) is 0 Å². The fourth-order valence-corrected chi connectivity index (χ4v) is 2.12. The average Bonchev–Trinajstić information content (AvgIpc) is 2.58. The van der Waals surface area contributed by atoms with E-state index >= 15 is 0 Å². The Bertz CT molecular complexity index is 757. The first-order valence-corrected chi connectivity index (χ1v) is 7.35. The Kier molecular flexibility index (Phi) is 5.62. The molecule has 24 heavy (non-hydrogen) atoms. The van der Waals surface area contributed by atoms with Gasteiger partial charge in [-0.1, -0.05) is 29.8 Å². The lowest BCUT2D eigenvalue weighted by atomic mass is 10.1. The zero-order chi connectivity index (χ0) is 17.5. The summed E-state index contributed by atoms with van der Waals surface area (Å²) in [6.45, 7) is 1.98. The Morgan fingerprint density at radius 1 is 1.08 bits per heavy atom. The highest BCUT2D eigenvalue weighted by atomic mass is 16.6. The SMILES string of the molecule is Cc1cccc(CCC(=O)NNC(=O)c2ccc([N+](=O)[O-])cc2)c1. The Hall–Kier alpha value is -3.22. The lowest BCUT2D eigenvalue weighted by Crippen LogP contribution is -2.41. The third-order valence-electron chi connectivity index (χ3n) is 3.38. The van der Waals surface area contributed by atoms with Gasteiger partial charge in [0, 0.05) is 24.1 Å². The number of nitro groups is 1. The summed E-state index contributed by atoms with van der Waals surface area (Å²) in [5, 5.41) is 10.6. The number of nitrogens with zero attached hydrogens (tertiary/aromatic N) is 1. The van der Waals surface area contributed by atoms with Crippen molar-refractivity contribution in [3.8, 4) is 0 Å². The number of carbonyl (C=O) groups excluding carboxylic acids is 2. The molecule has 0 heterocycles. The summed E-state index contributed by atoms with van der Waals surface area (Å²) in [6, 6.07) is 13.0. The van der Waals surface area contributed by atoms with Crippen LogP contribution in [0.3, 0.4) is 0 Å². The van der Waals surface area contributed by atoms with Crippen LogP contribution in [0.2, 0.25) is 0 Å². The van der Waals surface area contributed by atoms with Gasteiger partial charge in [0.05, 0.1) is 4.92 Å². The number of benzene rings is 2. The number of hydrazine groups is 1. The van der Waals surface area contributed by atoms with Gasteiger partial charge in [0.15, 0.2) is 0 Å². The summed E-state index contributed by atoms with van der Waals surface area (Å²) in [6.07, 6.45) is 0.810. The number of non-ortho nitro benzene ring substituents is 1. The second-order valence-corrected chi connectivity index (χ2v) is 5.30. The van der Waals surface area contributed by atoms with Gasteiger partial charge in [-0.3, -0.25) is 30.6 Å². The van der Waals surface area contributed by atoms with Crippen LogP contribution in [-0.4, -0.2) is 16.7 Å². The highest BCUT2D eigenvalue weighted by Crippen LogP contribution is 2.11. The van der Waals surface area contributed by atoms with Crippen LogP contribution in [0.4, 0.5) is 5.69 Å². The van der Waals surface area contributed by atoms with Crippen molar-refractivity contribution in [2.45, 2.75) is 19.8 Å². The average molecular weight is 327 g/mol. The van der Waals surface area contributed by atoms with Crippen LogP contribution in [0, 0.1) is 17.0 Å². The number of hydrogen-bond acceptors (Lipinski definition) is 4. The van der Waals surface area contributed by atoms with E-state index in [4.69, 9.17) is 0 Å². The van der Waals surface area contributed by atoms with Crippen LogP contribution in [0.5, 0.6) is 0 Å². The maximum atomic E-state index is 11.9. The molecular formula is C17H17N3O4. The van der Waals surface area contributed by atoms with Gasteiger partial charge in [-0.25, -0.2) is 0 Å². The number of amides is 2. The smallest absolute Gasteiger partial charge is 0.269 e. The summed E-state index contributed by atoms with van der Waals surface area (Å²) in [5.41, 5.74) is 6.91. The van der Waals surface area contributed by atoms with Crippen LogP contribution in [0.1, 0.15) is 27.9 Å². The van der Waals surface area contributed by atoms with Gasteiger partial charge in [-0.05, 0) is 31.0 Å². The maximum absolute atomic E-state index is 11.9. The van der Waals surface area contributed by atoms with Crippen molar-refractivity contribution in [3.63, 3.8) is 0 Å². The first-order valence-electron chi connectivity index (χ1n) is 7.35. The zero-order valence-corrected chi connectivity index (χ0v) is 13.1. The third-order valence-corrected chi connectivity index (χ3v) is 3.38. The molecule has 2 rings (SSSR count). The van der Waals surface area contributed by atoms with Gasteiger partial charge < -0.3 is 0 Å². The molecule has 0 radical (unpaired) electrons. The van der Waals surface area contributed by atoms with Crippen molar-refractivity contribution in [2.24, 2.45) is 0 Å². The van der Waals surface area contributed by atoms with Crippen LogP contribution >= 0.6 is 0 Å². The minimum Gasteiger partial charge on any atom is -0.273 e. The molecule has 0 saturated heterocycles. The molecule has 2 aromatic rings. The van der Waals surface area contributed by atoms with Crippen molar-refractivity contribution in [1.29, 1.82) is 0 Å². The monoisotopic (exact) mass is 327 g/mol. The van der Waals surface area contributed by atoms with Gasteiger partial charge in [0.1, 0.15) is 0 Å². The first kappa shape index (κ1) is 17.1. The van der Waals surface area contributed by atoms with Crippen LogP contribution in [0.25, 0.3) is 0 Å². The minimum atomic E-state index is -0.547. The second kappa shape index (κ2) is 7.87. The molecule has 0 aliphatic rings. The molecule has 0 saturated carbocycles. The molecule has 0 bridgehead atoms. The molecule has 7 heteroatoms. The molecular weight excluding hydrogens is 310 g/mol. The van der Waals surface area contributed by atoms with E-state index in [1.54, 1.807) is 0 Å². The topological polar surface area (TPSA) is 101 Å². The van der Waals surface area contributed by atoms with Crippen molar-refractivity contribution in [2.75, 3.05) is 0 Å². The molecule has 0 spiro atoms. The first-order chi connectivity index (χ1) is 11.5. The predicted octanol–water partition coefficient (Wildman–Crippen LogP) is 2.30. The van der Waals surface area contributed by atoms with Crippen LogP contribution in [0.15, 0.2) is 48.5 Å². The molecule has 7 nitrogen and oxygen atoms in total. The number of nitrogens with one attached hydrogen (secondary N) is 2. The number of hydrogen-bond donors (Lipinski definition) is 2. The normalized spacial score (nSPS) is 10.0. The summed E-state index contributed by atoms with van der Waals surface area (Å²) >= 11 is 0. The van der Waals surface area contributed by atoms with Gasteiger partial charge in [0.25, 0.3) is 11.6 Å². The molecule has 2 amide bonds. The molecule has 0 atom stereocenters. The van der Waals surface area contributed by atoms with Gasteiger partial charge in [0.2, 0.25) is 5.91 Å². The molecule has 2 N–H and O–H groups in total. The molecule has 0 unspecified atom stereocenters. The predicted molar refractivity (Wildman–Crippen MR) is 88.2 cm³/mol. The number of aryl methyl sites for hydroxylation is 2. The fraction of sp³-hybridized carbons (Fsp3) is 0.176. The molecule has 0 fully saturated rings. The number of nitro benzene ring substituents is 1. The molecule has 0 aliphatic heterocycles. The number of rotatable bonds is 5. The van der Waals surface area contributed by atoms with E-state index in [0.29, 0.717) is 6.42 Å². The van der Waals surface area contributed by atoms with E-state index in [9.17, 15) is 19.7 Å². The Labute approximate surface area is 138 Å². The lowest BCUT2D eigenvalue weighted by molar-refractivity contribution is -0.384. The van der Waals surface area contributed by atoms with E-state index < -0.39 is 10.8 Å². The Morgan fingerprint density at radius 3 is 2.42 bits per heavy atom. The summed E-state index contributed by atoms with van der Waals surface area (Å²) < 4.78 is 0. The summed E-state index contributed by atoms with van der Waals surface area (Å²) in [4.78, 5) is 33.6. The van der Waals surface area contributed by atoms with Crippen molar-refractivity contribution in [3.05, 3.63) is 75.3 Å². The molecule has 0 aliphatic carbocycles. The van der Waals surface area contributed by atoms with Crippen molar-refractivity contribution >= 4 is 17.5 Å². The number of carbonyl (C=O) groups is 2. The van der Waals surface area contributed by atoms with E-state index in [1.807, 2.05) is 31.2 Å². The minimum absolute atomic E-state index is 0.103. The third kappa shape index (κ3) is 4.91. The van der Waals surface area contributed by atoms with Crippen molar-refractivity contribution < 1.29 is 14.5 Å².